The van der Waals surface area contributed by atoms with Gasteiger partial charge in [0.05, 0.1) is 6.10 Å². The van der Waals surface area contributed by atoms with Crippen molar-refractivity contribution in [3.8, 4) is 5.88 Å². The van der Waals surface area contributed by atoms with Gasteiger partial charge in [-0.05, 0) is 30.5 Å². The maximum atomic E-state index is 12.4. The molecule has 0 spiro atoms. The molecule has 0 aliphatic heterocycles. The van der Waals surface area contributed by atoms with E-state index in [1.54, 1.807) is 18.3 Å². The van der Waals surface area contributed by atoms with E-state index in [4.69, 9.17) is 9.47 Å². The molecule has 0 bridgehead atoms. The number of nitrogens with one attached hydrogen (secondary N) is 1. The van der Waals surface area contributed by atoms with E-state index in [0.717, 1.165) is 17.5 Å². The molecule has 0 fully saturated rings. The standard InChI is InChI=1S/C24H26N2O3/c1-19(21-11-6-3-7-12-21)28-16-8-14-26-24(27)22-13-15-25-23(17-22)29-18-20-9-4-2-5-10-20/h2-7,9-13,15,17,19H,8,14,16,18H2,1H3,(H,26,27). The highest BCUT2D eigenvalue weighted by Crippen LogP contribution is 2.16. The van der Waals surface area contributed by atoms with Crippen molar-refractivity contribution in [2.75, 3.05) is 13.2 Å². The maximum Gasteiger partial charge on any atom is 0.251 e. The monoisotopic (exact) mass is 390 g/mol. The largest absolute Gasteiger partial charge is 0.473 e. The summed E-state index contributed by atoms with van der Waals surface area (Å²) in [4.78, 5) is 16.5. The highest BCUT2D eigenvalue weighted by molar-refractivity contribution is 5.94. The third-order valence-electron chi connectivity index (χ3n) is 4.47. The number of pyridine rings is 1. The van der Waals surface area contributed by atoms with Crippen LogP contribution in [0, 0.1) is 0 Å². The summed E-state index contributed by atoms with van der Waals surface area (Å²) in [5.41, 5.74) is 2.73. The molecule has 5 nitrogen and oxygen atoms in total. The highest BCUT2D eigenvalue weighted by Gasteiger charge is 2.08. The first-order valence-corrected chi connectivity index (χ1v) is 9.80. The van der Waals surface area contributed by atoms with E-state index in [9.17, 15) is 4.79 Å². The lowest BCUT2D eigenvalue weighted by Gasteiger charge is -2.13. The normalized spacial score (nSPS) is 11.6. The zero-order chi connectivity index (χ0) is 20.3. The number of aromatic nitrogens is 1. The first kappa shape index (κ1) is 20.6. The Labute approximate surface area is 171 Å². The van der Waals surface area contributed by atoms with Gasteiger partial charge in [-0.15, -0.1) is 0 Å². The molecule has 3 aromatic rings. The van der Waals surface area contributed by atoms with Crippen LogP contribution in [0.5, 0.6) is 5.88 Å². The van der Waals surface area contributed by atoms with Gasteiger partial charge >= 0.3 is 0 Å². The van der Waals surface area contributed by atoms with E-state index in [-0.39, 0.29) is 12.0 Å². The van der Waals surface area contributed by atoms with Crippen molar-refractivity contribution in [3.05, 3.63) is 95.7 Å². The molecule has 5 heteroatoms. The highest BCUT2D eigenvalue weighted by atomic mass is 16.5. The number of hydrogen-bond donors (Lipinski definition) is 1. The van der Waals surface area contributed by atoms with Crippen LogP contribution < -0.4 is 10.1 Å². The first-order valence-electron chi connectivity index (χ1n) is 9.80. The number of ether oxygens (including phenoxy) is 2. The number of carbonyl (C=O) groups is 1. The quantitative estimate of drug-likeness (QED) is 0.516. The third-order valence-corrected chi connectivity index (χ3v) is 4.47. The minimum atomic E-state index is -0.145. The molecule has 3 rings (SSSR count). The maximum absolute atomic E-state index is 12.4. The first-order chi connectivity index (χ1) is 14.2. The number of rotatable bonds is 10. The lowest BCUT2D eigenvalue weighted by molar-refractivity contribution is 0.0635. The zero-order valence-corrected chi connectivity index (χ0v) is 16.6. The van der Waals surface area contributed by atoms with Gasteiger partial charge in [0.1, 0.15) is 6.61 Å². The molecule has 0 saturated carbocycles. The molecule has 1 heterocycles. The Kier molecular flexibility index (Phi) is 7.78. The van der Waals surface area contributed by atoms with E-state index in [2.05, 4.69) is 10.3 Å². The predicted octanol–water partition coefficient (Wildman–Crippen LogP) is 4.56. The number of benzene rings is 2. The molecule has 1 amide bonds. The lowest BCUT2D eigenvalue weighted by atomic mass is 10.1. The van der Waals surface area contributed by atoms with Gasteiger partial charge in [-0.1, -0.05) is 60.7 Å². The van der Waals surface area contributed by atoms with Gasteiger partial charge in [0.15, 0.2) is 0 Å². The van der Waals surface area contributed by atoms with Crippen molar-refractivity contribution >= 4 is 5.91 Å². The molecule has 2 aromatic carbocycles. The minimum Gasteiger partial charge on any atom is -0.473 e. The van der Waals surface area contributed by atoms with Crippen LogP contribution in [0.3, 0.4) is 0 Å². The van der Waals surface area contributed by atoms with Crippen molar-refractivity contribution in [3.63, 3.8) is 0 Å². The van der Waals surface area contributed by atoms with Crippen molar-refractivity contribution < 1.29 is 14.3 Å². The fourth-order valence-electron chi connectivity index (χ4n) is 2.82. The van der Waals surface area contributed by atoms with E-state index >= 15 is 0 Å². The SMILES string of the molecule is CC(OCCCNC(=O)c1ccnc(OCc2ccccc2)c1)c1ccccc1. The Bertz CT molecular complexity index is 885. The Morgan fingerprint density at radius 1 is 1.03 bits per heavy atom. The smallest absolute Gasteiger partial charge is 0.251 e. The van der Waals surface area contributed by atoms with Crippen LogP contribution >= 0.6 is 0 Å². The fraction of sp³-hybridized carbons (Fsp3) is 0.250. The Balaban J connectivity index is 1.39. The summed E-state index contributed by atoms with van der Waals surface area (Å²) in [6.07, 6.45) is 2.36. The molecule has 1 aromatic heterocycles. The number of nitrogens with zero attached hydrogens (tertiary/aromatic N) is 1. The van der Waals surface area contributed by atoms with Crippen molar-refractivity contribution in [2.24, 2.45) is 0 Å². The minimum absolute atomic E-state index is 0.0384. The molecule has 29 heavy (non-hydrogen) atoms. The number of hydrogen-bond acceptors (Lipinski definition) is 4. The average molecular weight is 390 g/mol. The van der Waals surface area contributed by atoms with Gasteiger partial charge < -0.3 is 14.8 Å². The van der Waals surface area contributed by atoms with Gasteiger partial charge in [0.25, 0.3) is 5.91 Å². The van der Waals surface area contributed by atoms with Crippen molar-refractivity contribution in [1.82, 2.24) is 10.3 Å². The topological polar surface area (TPSA) is 60.5 Å². The number of amides is 1. The summed E-state index contributed by atoms with van der Waals surface area (Å²) in [6, 6.07) is 23.3. The summed E-state index contributed by atoms with van der Waals surface area (Å²) >= 11 is 0. The third kappa shape index (κ3) is 6.73. The molecule has 0 saturated heterocycles. The molecule has 1 atom stereocenters. The average Bonchev–Trinajstić information content (AvgIpc) is 2.78. The second-order valence-corrected chi connectivity index (χ2v) is 6.69. The van der Waals surface area contributed by atoms with Crippen LogP contribution in [0.1, 0.15) is 40.9 Å². The molecule has 1 unspecified atom stereocenters. The van der Waals surface area contributed by atoms with Crippen molar-refractivity contribution in [1.29, 1.82) is 0 Å². The summed E-state index contributed by atoms with van der Waals surface area (Å²) < 4.78 is 11.5. The zero-order valence-electron chi connectivity index (χ0n) is 16.6. The Morgan fingerprint density at radius 2 is 1.76 bits per heavy atom. The van der Waals surface area contributed by atoms with E-state index in [1.165, 1.54) is 0 Å². The Hall–Kier alpha value is -3.18. The predicted molar refractivity (Wildman–Crippen MR) is 113 cm³/mol. The van der Waals surface area contributed by atoms with Crippen molar-refractivity contribution in [2.45, 2.75) is 26.1 Å². The van der Waals surface area contributed by atoms with Gasteiger partial charge in [-0.3, -0.25) is 4.79 Å². The van der Waals surface area contributed by atoms with Crippen LogP contribution in [0.2, 0.25) is 0 Å². The fourth-order valence-corrected chi connectivity index (χ4v) is 2.82. The van der Waals surface area contributed by atoms with E-state index < -0.39 is 0 Å². The van der Waals surface area contributed by atoms with Crippen LogP contribution in [-0.4, -0.2) is 24.0 Å². The lowest BCUT2D eigenvalue weighted by Crippen LogP contribution is -2.25. The van der Waals surface area contributed by atoms with Gasteiger partial charge in [-0.25, -0.2) is 4.98 Å². The van der Waals surface area contributed by atoms with E-state index in [1.807, 2.05) is 67.6 Å². The molecular formula is C24H26N2O3. The van der Waals surface area contributed by atoms with Crippen LogP contribution in [0.25, 0.3) is 0 Å². The van der Waals surface area contributed by atoms with Crippen LogP contribution in [0.4, 0.5) is 0 Å². The summed E-state index contributed by atoms with van der Waals surface area (Å²) in [5.74, 6) is 0.287. The van der Waals surface area contributed by atoms with Gasteiger partial charge in [-0.2, -0.15) is 0 Å². The van der Waals surface area contributed by atoms with Crippen LogP contribution in [-0.2, 0) is 11.3 Å². The van der Waals surface area contributed by atoms with E-state index in [0.29, 0.717) is 31.2 Å². The molecule has 0 aliphatic carbocycles. The summed E-state index contributed by atoms with van der Waals surface area (Å²) in [6.45, 7) is 3.57. The molecule has 0 aliphatic rings. The molecule has 150 valence electrons. The molecule has 1 N–H and O–H groups in total. The number of carbonyl (C=O) groups excluding carboxylic acids is 1. The Morgan fingerprint density at radius 3 is 2.52 bits per heavy atom. The van der Waals surface area contributed by atoms with Gasteiger partial charge in [0, 0.05) is 31.0 Å². The summed E-state index contributed by atoms with van der Waals surface area (Å²) in [7, 11) is 0. The second-order valence-electron chi connectivity index (χ2n) is 6.69. The summed E-state index contributed by atoms with van der Waals surface area (Å²) in [5, 5.41) is 2.91. The van der Waals surface area contributed by atoms with Crippen LogP contribution in [0.15, 0.2) is 79.0 Å². The van der Waals surface area contributed by atoms with Gasteiger partial charge in [0.2, 0.25) is 5.88 Å². The molecule has 0 radical (unpaired) electrons. The molecular weight excluding hydrogens is 364 g/mol. The second kappa shape index (κ2) is 11.0.